The molecule has 1 aromatic rings. The number of nitrogens with zero attached hydrogens (tertiary/aromatic N) is 2. The molecule has 0 aromatic heterocycles. The summed E-state index contributed by atoms with van der Waals surface area (Å²) in [5.74, 6) is -0.0263. The average molecular weight is 486 g/mol. The molecule has 34 heavy (non-hydrogen) atoms. The summed E-state index contributed by atoms with van der Waals surface area (Å²) in [6.45, 7) is 10.4. The fraction of sp³-hybridized carbons (Fsp3) is 0.643. The fourth-order valence-electron chi connectivity index (χ4n) is 4.84. The van der Waals surface area contributed by atoms with Gasteiger partial charge in [0.05, 0.1) is 4.91 Å². The summed E-state index contributed by atoms with van der Waals surface area (Å²) in [5, 5.41) is 3.48. The quantitative estimate of drug-likeness (QED) is 0.411. The smallest absolute Gasteiger partial charge is 0.261 e. The molecule has 0 bridgehead atoms. The van der Waals surface area contributed by atoms with Gasteiger partial charge >= 0.3 is 0 Å². The molecule has 1 heterocycles. The van der Waals surface area contributed by atoms with Crippen molar-refractivity contribution in [2.24, 2.45) is 0 Å². The zero-order valence-corrected chi connectivity index (χ0v) is 22.2. The number of hydrogen-bond donors (Lipinski definition) is 1. The number of thioether (sulfide) groups is 1. The topological polar surface area (TPSA) is 52.7 Å². The molecule has 1 saturated heterocycles. The standard InChI is InChI=1S/C28H43N3O2S/c1-4-6-17-30(18-7-5-2)19-16-29-27(32)21-31-24-10-8-9-11-25(24)34-26(28(31)33)20-23-14-12-22(3)13-15-23/h12-15,20,24-25H,4-11,16-19,21H2,1-3H3,(H,29,32)/b26-20+. The van der Waals surface area contributed by atoms with Crippen LogP contribution in [0.25, 0.3) is 6.08 Å². The number of nitrogens with one attached hydrogen (secondary N) is 1. The molecule has 1 aliphatic carbocycles. The molecule has 2 fully saturated rings. The van der Waals surface area contributed by atoms with Gasteiger partial charge in [-0.05, 0) is 57.3 Å². The first-order valence-electron chi connectivity index (χ1n) is 13.3. The van der Waals surface area contributed by atoms with Crippen molar-refractivity contribution >= 4 is 29.7 Å². The van der Waals surface area contributed by atoms with Gasteiger partial charge in [-0.1, -0.05) is 69.4 Å². The van der Waals surface area contributed by atoms with Gasteiger partial charge in [0.2, 0.25) is 5.91 Å². The second kappa shape index (κ2) is 13.9. The summed E-state index contributed by atoms with van der Waals surface area (Å²) < 4.78 is 0. The van der Waals surface area contributed by atoms with E-state index in [2.05, 4.69) is 55.3 Å². The first-order chi connectivity index (χ1) is 16.5. The highest BCUT2D eigenvalue weighted by Crippen LogP contribution is 2.42. The van der Waals surface area contributed by atoms with Gasteiger partial charge in [0.1, 0.15) is 6.54 Å². The largest absolute Gasteiger partial charge is 0.353 e. The predicted molar refractivity (Wildman–Crippen MR) is 144 cm³/mol. The summed E-state index contributed by atoms with van der Waals surface area (Å²) in [6, 6.07) is 8.43. The predicted octanol–water partition coefficient (Wildman–Crippen LogP) is 5.24. The van der Waals surface area contributed by atoms with Crippen LogP contribution >= 0.6 is 11.8 Å². The Morgan fingerprint density at radius 3 is 2.44 bits per heavy atom. The van der Waals surface area contributed by atoms with Gasteiger partial charge in [-0.3, -0.25) is 9.59 Å². The molecule has 1 aliphatic heterocycles. The Morgan fingerprint density at radius 2 is 1.76 bits per heavy atom. The SMILES string of the molecule is CCCCN(CCCC)CCNC(=O)CN1C(=O)/C(=C\c2ccc(C)cc2)SC2CCCCC21. The van der Waals surface area contributed by atoms with E-state index >= 15 is 0 Å². The molecular weight excluding hydrogens is 442 g/mol. The molecule has 3 rings (SSSR count). The maximum Gasteiger partial charge on any atom is 0.261 e. The van der Waals surface area contributed by atoms with E-state index in [4.69, 9.17) is 0 Å². The van der Waals surface area contributed by atoms with Crippen LogP contribution in [-0.2, 0) is 9.59 Å². The molecule has 0 radical (unpaired) electrons. The van der Waals surface area contributed by atoms with Crippen LogP contribution in [0.4, 0.5) is 0 Å². The van der Waals surface area contributed by atoms with E-state index in [9.17, 15) is 9.59 Å². The summed E-state index contributed by atoms with van der Waals surface area (Å²) in [4.78, 5) is 31.4. The second-order valence-corrected chi connectivity index (χ2v) is 11.0. The van der Waals surface area contributed by atoms with Gasteiger partial charge < -0.3 is 15.1 Å². The van der Waals surface area contributed by atoms with Crippen LogP contribution in [0.1, 0.15) is 76.3 Å². The van der Waals surface area contributed by atoms with Crippen LogP contribution in [0.2, 0.25) is 0 Å². The van der Waals surface area contributed by atoms with Crippen LogP contribution in [0.15, 0.2) is 29.2 Å². The van der Waals surface area contributed by atoms with E-state index in [1.807, 2.05) is 11.0 Å². The zero-order valence-electron chi connectivity index (χ0n) is 21.4. The Kier molecular flexibility index (Phi) is 11.0. The van der Waals surface area contributed by atoms with E-state index in [-0.39, 0.29) is 24.4 Å². The molecule has 6 heteroatoms. The van der Waals surface area contributed by atoms with E-state index in [0.29, 0.717) is 11.8 Å². The van der Waals surface area contributed by atoms with Crippen molar-refractivity contribution in [2.45, 2.75) is 83.4 Å². The Morgan fingerprint density at radius 1 is 1.09 bits per heavy atom. The van der Waals surface area contributed by atoms with E-state index in [1.165, 1.54) is 37.7 Å². The molecule has 2 aliphatic rings. The normalized spacial score (nSPS) is 21.7. The van der Waals surface area contributed by atoms with Crippen LogP contribution in [-0.4, -0.2) is 65.6 Å². The lowest BCUT2D eigenvalue weighted by Gasteiger charge is -2.43. The molecule has 188 valence electrons. The summed E-state index contributed by atoms with van der Waals surface area (Å²) in [6.07, 6.45) is 11.2. The van der Waals surface area contributed by atoms with Crippen LogP contribution in [0.5, 0.6) is 0 Å². The van der Waals surface area contributed by atoms with Crippen LogP contribution in [0.3, 0.4) is 0 Å². The van der Waals surface area contributed by atoms with Crippen LogP contribution in [0, 0.1) is 6.92 Å². The van der Waals surface area contributed by atoms with Gasteiger partial charge in [0.15, 0.2) is 0 Å². The summed E-state index contributed by atoms with van der Waals surface area (Å²) >= 11 is 1.72. The number of aryl methyl sites for hydroxylation is 1. The lowest BCUT2D eigenvalue weighted by Crippen LogP contribution is -2.54. The first kappa shape index (κ1) is 26.8. The third kappa shape index (κ3) is 7.88. The number of carbonyl (C=O) groups excluding carboxylic acids is 2. The number of unbranched alkanes of at least 4 members (excludes halogenated alkanes) is 2. The highest BCUT2D eigenvalue weighted by Gasteiger charge is 2.41. The number of fused-ring (bicyclic) bond motifs is 1. The Balaban J connectivity index is 1.61. The molecule has 1 aromatic carbocycles. The maximum absolute atomic E-state index is 13.5. The van der Waals surface area contributed by atoms with Gasteiger partial charge in [-0.15, -0.1) is 11.8 Å². The van der Waals surface area contributed by atoms with Crippen molar-refractivity contribution in [2.75, 3.05) is 32.7 Å². The lowest BCUT2D eigenvalue weighted by atomic mass is 9.93. The molecular formula is C28H43N3O2S. The Bertz CT molecular complexity index is 815. The minimum Gasteiger partial charge on any atom is -0.353 e. The van der Waals surface area contributed by atoms with Crippen molar-refractivity contribution in [3.63, 3.8) is 0 Å². The fourth-order valence-corrected chi connectivity index (χ4v) is 6.31. The zero-order chi connectivity index (χ0) is 24.3. The van der Waals surface area contributed by atoms with Gasteiger partial charge in [0.25, 0.3) is 5.91 Å². The number of hydrogen-bond acceptors (Lipinski definition) is 4. The van der Waals surface area contributed by atoms with E-state index < -0.39 is 0 Å². The highest BCUT2D eigenvalue weighted by atomic mass is 32.2. The molecule has 2 atom stereocenters. The van der Waals surface area contributed by atoms with Gasteiger partial charge in [0, 0.05) is 24.4 Å². The Labute approximate surface area is 210 Å². The number of rotatable bonds is 12. The number of amides is 2. The maximum atomic E-state index is 13.5. The average Bonchev–Trinajstić information content (AvgIpc) is 2.84. The first-order valence-corrected chi connectivity index (χ1v) is 14.1. The summed E-state index contributed by atoms with van der Waals surface area (Å²) in [7, 11) is 0. The van der Waals surface area contributed by atoms with Crippen molar-refractivity contribution in [1.29, 1.82) is 0 Å². The van der Waals surface area contributed by atoms with E-state index in [0.717, 1.165) is 49.4 Å². The van der Waals surface area contributed by atoms with Crippen molar-refractivity contribution in [3.8, 4) is 0 Å². The molecule has 2 amide bonds. The second-order valence-electron chi connectivity index (χ2n) is 9.76. The van der Waals surface area contributed by atoms with Crippen molar-refractivity contribution in [1.82, 2.24) is 15.1 Å². The molecule has 0 spiro atoms. The minimum atomic E-state index is -0.0369. The highest BCUT2D eigenvalue weighted by molar-refractivity contribution is 8.04. The third-order valence-electron chi connectivity index (χ3n) is 6.91. The third-order valence-corrected chi connectivity index (χ3v) is 8.31. The number of benzene rings is 1. The van der Waals surface area contributed by atoms with Gasteiger partial charge in [-0.2, -0.15) is 0 Å². The van der Waals surface area contributed by atoms with Crippen molar-refractivity contribution < 1.29 is 9.59 Å². The molecule has 2 unspecified atom stereocenters. The number of carbonyl (C=O) groups is 2. The summed E-state index contributed by atoms with van der Waals surface area (Å²) in [5.41, 5.74) is 2.25. The van der Waals surface area contributed by atoms with Crippen molar-refractivity contribution in [3.05, 3.63) is 40.3 Å². The lowest BCUT2D eigenvalue weighted by molar-refractivity contribution is -0.135. The van der Waals surface area contributed by atoms with Gasteiger partial charge in [-0.25, -0.2) is 0 Å². The monoisotopic (exact) mass is 485 g/mol. The molecule has 1 saturated carbocycles. The Hall–Kier alpha value is -1.79. The van der Waals surface area contributed by atoms with Crippen LogP contribution < -0.4 is 5.32 Å². The van der Waals surface area contributed by atoms with E-state index in [1.54, 1.807) is 11.8 Å². The molecule has 1 N–H and O–H groups in total. The molecule has 5 nitrogen and oxygen atoms in total. The minimum absolute atomic E-state index is 0.0105.